The lowest BCUT2D eigenvalue weighted by Gasteiger charge is -2.37. The Bertz CT molecular complexity index is 3190. The van der Waals surface area contributed by atoms with Crippen molar-refractivity contribution >= 4 is 73.4 Å². The molecule has 3 aromatic carbocycles. The molecule has 374 valence electrons. The van der Waals surface area contributed by atoms with Gasteiger partial charge in [-0.05, 0) is 74.9 Å². The Hall–Kier alpha value is -8.20. The molecular formula is C51H50BrN7O13. The number of carbonyl (C=O) groups is 6. The van der Waals surface area contributed by atoms with Crippen LogP contribution < -0.4 is 24.8 Å². The number of halogens is 1. The molecule has 0 saturated carbocycles. The van der Waals surface area contributed by atoms with Gasteiger partial charge in [-0.2, -0.15) is 0 Å². The van der Waals surface area contributed by atoms with Gasteiger partial charge in [0.1, 0.15) is 55.2 Å². The van der Waals surface area contributed by atoms with E-state index in [9.17, 15) is 28.8 Å². The molecule has 2 N–H and O–H groups in total. The fraction of sp³-hybridized carbons (Fsp3) is 0.294. The van der Waals surface area contributed by atoms with Gasteiger partial charge in [-0.25, -0.2) is 4.98 Å². The Morgan fingerprint density at radius 1 is 0.792 bits per heavy atom. The summed E-state index contributed by atoms with van der Waals surface area (Å²) in [5.41, 5.74) is -0.178. The molecule has 0 fully saturated rings. The second-order valence-electron chi connectivity index (χ2n) is 17.4. The largest absolute Gasteiger partial charge is 0.495 e. The second-order valence-corrected chi connectivity index (χ2v) is 18.3. The van der Waals surface area contributed by atoms with Crippen molar-refractivity contribution in [2.24, 2.45) is 0 Å². The number of fused-ring (bicyclic) bond motifs is 6. The number of ether oxygens (including phenoxy) is 4. The summed E-state index contributed by atoms with van der Waals surface area (Å²) in [4.78, 5) is 91.7. The fourth-order valence-corrected chi connectivity index (χ4v) is 8.41. The fourth-order valence-electron chi connectivity index (χ4n) is 8.07. The Kier molecular flexibility index (Phi) is 14.4. The number of nitrogens with one attached hydrogen (secondary N) is 2. The molecule has 21 heteroatoms. The molecule has 3 atom stereocenters. The maximum atomic E-state index is 13.9. The molecule has 0 spiro atoms. The predicted octanol–water partition coefficient (Wildman–Crippen LogP) is 6.33. The van der Waals surface area contributed by atoms with Gasteiger partial charge >= 0.3 is 5.97 Å². The minimum atomic E-state index is -1.56. The van der Waals surface area contributed by atoms with Crippen molar-refractivity contribution in [3.63, 3.8) is 0 Å². The summed E-state index contributed by atoms with van der Waals surface area (Å²) in [6, 6.07) is 23.0. The zero-order chi connectivity index (χ0) is 51.5. The number of likely N-dealkylation sites (N-methyl/N-ethyl adjacent to an activating group) is 1. The summed E-state index contributed by atoms with van der Waals surface area (Å²) in [5, 5.41) is 6.89. The number of hydrogen-bond acceptors (Lipinski definition) is 15. The highest BCUT2D eigenvalue weighted by atomic mass is 79.9. The van der Waals surface area contributed by atoms with Gasteiger partial charge in [0.15, 0.2) is 22.6 Å². The molecule has 9 rings (SSSR count). The lowest BCUT2D eigenvalue weighted by molar-refractivity contribution is -0.145. The first kappa shape index (κ1) is 50.2. The second kappa shape index (κ2) is 20.6. The van der Waals surface area contributed by atoms with Gasteiger partial charge in [-0.3, -0.25) is 33.8 Å². The first-order valence-electron chi connectivity index (χ1n) is 22.4. The maximum Gasteiger partial charge on any atom is 0.325 e. The molecular weight excluding hydrogens is 999 g/mol. The third kappa shape index (κ3) is 9.78. The van der Waals surface area contributed by atoms with Crippen LogP contribution in [0.15, 0.2) is 115 Å². The first-order valence-corrected chi connectivity index (χ1v) is 23.2. The van der Waals surface area contributed by atoms with E-state index >= 15 is 0 Å². The van der Waals surface area contributed by atoms with Crippen LogP contribution in [-0.2, 0) is 30.5 Å². The smallest absolute Gasteiger partial charge is 0.325 e. The van der Waals surface area contributed by atoms with Crippen LogP contribution in [-0.4, -0.2) is 126 Å². The van der Waals surface area contributed by atoms with Gasteiger partial charge in [-0.1, -0.05) is 46.3 Å². The van der Waals surface area contributed by atoms with Crippen LogP contribution in [0, 0.1) is 0 Å². The molecule has 6 heterocycles. The zero-order valence-corrected chi connectivity index (χ0v) is 41.9. The highest BCUT2D eigenvalue weighted by Crippen LogP contribution is 2.41. The van der Waals surface area contributed by atoms with Crippen LogP contribution in [0.1, 0.15) is 59.2 Å². The number of amides is 5. The van der Waals surface area contributed by atoms with Crippen molar-refractivity contribution in [3.8, 4) is 28.7 Å². The lowest BCUT2D eigenvalue weighted by atomic mass is 9.97. The van der Waals surface area contributed by atoms with Crippen LogP contribution in [0.3, 0.4) is 0 Å². The maximum absolute atomic E-state index is 13.9. The molecule has 72 heavy (non-hydrogen) atoms. The number of hydrogen-bond donors (Lipinski definition) is 2. The molecule has 5 amide bonds. The summed E-state index contributed by atoms with van der Waals surface area (Å²) in [7, 11) is 5.88. The van der Waals surface area contributed by atoms with Crippen molar-refractivity contribution in [1.29, 1.82) is 0 Å². The van der Waals surface area contributed by atoms with Gasteiger partial charge in [0.2, 0.25) is 35.1 Å². The number of pyridine rings is 1. The Morgan fingerprint density at radius 3 is 2.03 bits per heavy atom. The van der Waals surface area contributed by atoms with E-state index in [2.05, 4.69) is 36.5 Å². The Morgan fingerprint density at radius 2 is 1.42 bits per heavy atom. The normalized spacial score (nSPS) is 17.7. The third-order valence-electron chi connectivity index (χ3n) is 12.4. The van der Waals surface area contributed by atoms with Gasteiger partial charge in [-0.15, -0.1) is 0 Å². The first-order chi connectivity index (χ1) is 34.5. The highest BCUT2D eigenvalue weighted by molar-refractivity contribution is 9.10. The number of carbonyl (C=O) groups excluding carboxylic acids is 6. The Labute approximate surface area is 420 Å². The van der Waals surface area contributed by atoms with E-state index in [0.717, 1.165) is 14.9 Å². The number of furan rings is 2. The molecule has 7 aromatic rings. The average molecular weight is 1050 g/mol. The predicted molar refractivity (Wildman–Crippen MR) is 262 cm³/mol. The number of benzene rings is 3. The standard InChI is InChI=1S/C27H27N5O7.C24H23BrN2O6/c1-27(26(35)30-13-18-19(36-4)6-5-9-28-18)15-38-22-17-8-7-16(24-29-10-11-37-24)12-20(17)39-23(22)25(34)32(27)14-21(33)31(2)3;1-14(15-7-5-4-6-8-15)26-23(30)24(2)13-32-20-17-10-9-16(25)11-18(17)33-21(20)22(29)27(24)12-19(28)31-3/h5-12H,13-15H2,1-4H3,(H,30,35);4-11,14H,12-13H2,1-3H3,(H,26,30)/t27-;14-,24+/m10/s1. The van der Waals surface area contributed by atoms with Gasteiger partial charge in [0.05, 0.1) is 43.8 Å². The molecule has 0 aliphatic carbocycles. The number of rotatable bonds is 12. The van der Waals surface area contributed by atoms with E-state index in [4.69, 9.17) is 32.2 Å². The SMILES string of the molecule is COC(=O)CN1C(=O)c2oc3cc(Br)ccc3c2OC[C@]1(C)C(=O)N[C@@H](C)c1ccccc1.COc1cccnc1CNC(=O)[C@@]1(C)COc2c(oc3cc(-c4ncco4)ccc23)C(=O)N1CC(=O)N(C)C. The number of methoxy groups -OCH3 is 2. The quantitative estimate of drug-likeness (QED) is 0.127. The molecule has 2 aliphatic heterocycles. The zero-order valence-electron chi connectivity index (χ0n) is 40.3. The highest BCUT2D eigenvalue weighted by Gasteiger charge is 2.50. The van der Waals surface area contributed by atoms with Crippen molar-refractivity contribution in [3.05, 3.63) is 125 Å². The van der Waals surface area contributed by atoms with Gasteiger partial charge < -0.3 is 57.5 Å². The van der Waals surface area contributed by atoms with Crippen molar-refractivity contribution in [2.45, 2.75) is 44.4 Å². The third-order valence-corrected chi connectivity index (χ3v) is 12.9. The van der Waals surface area contributed by atoms with E-state index in [1.165, 1.54) is 36.5 Å². The molecule has 20 nitrogen and oxygen atoms in total. The topological polar surface area (TPSA) is 238 Å². The van der Waals surface area contributed by atoms with Crippen molar-refractivity contribution in [1.82, 2.24) is 35.3 Å². The van der Waals surface area contributed by atoms with Crippen molar-refractivity contribution < 1.29 is 61.0 Å². The molecule has 4 aromatic heterocycles. The number of esters is 1. The summed E-state index contributed by atoms with van der Waals surface area (Å²) in [6.45, 7) is 3.77. The molecule has 0 bridgehead atoms. The van der Waals surface area contributed by atoms with E-state index in [1.54, 1.807) is 82.7 Å². The van der Waals surface area contributed by atoms with Gasteiger partial charge in [0.25, 0.3) is 11.8 Å². The minimum Gasteiger partial charge on any atom is -0.495 e. The number of nitrogens with zero attached hydrogens (tertiary/aromatic N) is 5. The summed E-state index contributed by atoms with van der Waals surface area (Å²) in [6.07, 6.45) is 4.57. The average Bonchev–Trinajstić information content (AvgIpc) is 4.12. The van der Waals surface area contributed by atoms with E-state index < -0.39 is 47.2 Å². The lowest BCUT2D eigenvalue weighted by Crippen LogP contribution is -2.62. The summed E-state index contributed by atoms with van der Waals surface area (Å²) >= 11 is 3.38. The molecule has 2 aliphatic rings. The number of oxazole rings is 1. The monoisotopic (exact) mass is 1050 g/mol. The Balaban J connectivity index is 0.000000195. The van der Waals surface area contributed by atoms with Crippen LogP contribution in [0.25, 0.3) is 33.4 Å². The van der Waals surface area contributed by atoms with Crippen LogP contribution in [0.4, 0.5) is 0 Å². The van der Waals surface area contributed by atoms with E-state index in [-0.39, 0.29) is 61.3 Å². The van der Waals surface area contributed by atoms with Gasteiger partial charge in [0, 0.05) is 30.3 Å². The van der Waals surface area contributed by atoms with E-state index in [0.29, 0.717) is 44.8 Å². The van der Waals surface area contributed by atoms with E-state index in [1.807, 2.05) is 37.3 Å². The molecule has 0 unspecified atom stereocenters. The van der Waals surface area contributed by atoms with Crippen LogP contribution >= 0.6 is 15.9 Å². The van der Waals surface area contributed by atoms with Crippen LogP contribution in [0.2, 0.25) is 0 Å². The number of aromatic nitrogens is 2. The van der Waals surface area contributed by atoms with Crippen LogP contribution in [0.5, 0.6) is 17.2 Å². The summed E-state index contributed by atoms with van der Waals surface area (Å²) < 4.78 is 40.1. The summed E-state index contributed by atoms with van der Waals surface area (Å²) in [5.74, 6) is -2.17. The minimum absolute atomic E-state index is 0.0398. The molecule has 0 saturated heterocycles. The molecule has 0 radical (unpaired) electrons. The van der Waals surface area contributed by atoms with Crippen molar-refractivity contribution in [2.75, 3.05) is 54.6 Å².